The first-order valence-electron chi connectivity index (χ1n) is 5.11. The molecule has 7 nitrogen and oxygen atoms in total. The van der Waals surface area contributed by atoms with Gasteiger partial charge >= 0.3 is 5.97 Å². The Kier molecular flexibility index (Phi) is 4.22. The molecule has 0 fully saturated rings. The molecule has 1 aromatic heterocycles. The number of ether oxygens (including phenoxy) is 1. The van der Waals surface area contributed by atoms with Crippen LogP contribution in [0.2, 0.25) is 0 Å². The molecule has 17 heavy (non-hydrogen) atoms. The number of carboxylic acids is 1. The summed E-state index contributed by atoms with van der Waals surface area (Å²) in [6, 6.07) is 1.04. The predicted molar refractivity (Wildman–Crippen MR) is 59.1 cm³/mol. The lowest BCUT2D eigenvalue weighted by molar-refractivity contribution is -0.384. The fourth-order valence-corrected chi connectivity index (χ4v) is 1.35. The minimum absolute atomic E-state index is 0.0360. The highest BCUT2D eigenvalue weighted by Crippen LogP contribution is 2.16. The third-order valence-corrected chi connectivity index (χ3v) is 2.10. The van der Waals surface area contributed by atoms with Gasteiger partial charge in [0.2, 0.25) is 0 Å². The van der Waals surface area contributed by atoms with Crippen molar-refractivity contribution >= 4 is 11.7 Å². The summed E-state index contributed by atoms with van der Waals surface area (Å²) in [5.41, 5.74) is -0.337. The van der Waals surface area contributed by atoms with Crippen LogP contribution in [0.3, 0.4) is 0 Å². The molecule has 0 aliphatic carbocycles. The van der Waals surface area contributed by atoms with Crippen molar-refractivity contribution in [1.29, 1.82) is 0 Å². The van der Waals surface area contributed by atoms with E-state index in [0.29, 0.717) is 6.61 Å². The monoisotopic (exact) mass is 242 g/mol. The standard InChI is InChI=1S/C10H14N2O5/c1-7(2)17-4-3-11-6-8(12(15)16)5-9(11)10(13)14/h5-7H,3-4H2,1-2H3,(H,13,14). The van der Waals surface area contributed by atoms with Gasteiger partial charge in [0.15, 0.2) is 0 Å². The largest absolute Gasteiger partial charge is 0.477 e. The second-order valence-electron chi connectivity index (χ2n) is 3.76. The van der Waals surface area contributed by atoms with Crippen LogP contribution in [0.5, 0.6) is 0 Å². The Morgan fingerprint density at radius 1 is 1.65 bits per heavy atom. The third-order valence-electron chi connectivity index (χ3n) is 2.10. The van der Waals surface area contributed by atoms with Crippen LogP contribution in [0.25, 0.3) is 0 Å². The molecule has 0 saturated heterocycles. The Hall–Kier alpha value is -1.89. The van der Waals surface area contributed by atoms with Crippen molar-refractivity contribution in [3.05, 3.63) is 28.1 Å². The number of rotatable bonds is 6. The smallest absolute Gasteiger partial charge is 0.352 e. The fraction of sp³-hybridized carbons (Fsp3) is 0.500. The minimum atomic E-state index is -1.19. The molecule has 0 atom stereocenters. The van der Waals surface area contributed by atoms with Gasteiger partial charge in [-0.15, -0.1) is 0 Å². The van der Waals surface area contributed by atoms with E-state index in [2.05, 4.69) is 0 Å². The van der Waals surface area contributed by atoms with Crippen molar-refractivity contribution in [1.82, 2.24) is 4.57 Å². The molecule has 1 rings (SSSR count). The molecule has 0 unspecified atom stereocenters. The summed E-state index contributed by atoms with van der Waals surface area (Å²) in [5.74, 6) is -1.19. The maximum absolute atomic E-state index is 10.9. The van der Waals surface area contributed by atoms with E-state index in [4.69, 9.17) is 9.84 Å². The zero-order valence-electron chi connectivity index (χ0n) is 9.62. The molecule has 0 saturated carbocycles. The van der Waals surface area contributed by atoms with E-state index in [1.807, 2.05) is 13.8 Å². The van der Waals surface area contributed by atoms with Crippen LogP contribution in [-0.2, 0) is 11.3 Å². The molecule has 0 bridgehead atoms. The molecule has 1 heterocycles. The number of carbonyl (C=O) groups is 1. The molecule has 1 aromatic rings. The van der Waals surface area contributed by atoms with Gasteiger partial charge in [-0.25, -0.2) is 4.79 Å². The van der Waals surface area contributed by atoms with Gasteiger partial charge in [-0.1, -0.05) is 0 Å². The van der Waals surface area contributed by atoms with Crippen molar-refractivity contribution in [2.75, 3.05) is 6.61 Å². The van der Waals surface area contributed by atoms with Crippen LogP contribution in [0.1, 0.15) is 24.3 Å². The summed E-state index contributed by atoms with van der Waals surface area (Å²) >= 11 is 0. The average Bonchev–Trinajstić information content (AvgIpc) is 2.61. The van der Waals surface area contributed by atoms with Gasteiger partial charge in [-0.05, 0) is 13.8 Å². The van der Waals surface area contributed by atoms with E-state index in [1.54, 1.807) is 0 Å². The number of nitro groups is 1. The molecule has 0 aromatic carbocycles. The molecular formula is C10H14N2O5. The van der Waals surface area contributed by atoms with Crippen molar-refractivity contribution in [2.45, 2.75) is 26.5 Å². The molecule has 1 N–H and O–H groups in total. The van der Waals surface area contributed by atoms with Gasteiger partial charge in [0.1, 0.15) is 5.69 Å². The second-order valence-corrected chi connectivity index (χ2v) is 3.76. The Labute approximate surface area is 97.8 Å². The molecule has 0 amide bonds. The average molecular weight is 242 g/mol. The lowest BCUT2D eigenvalue weighted by Gasteiger charge is -2.09. The number of nitrogens with zero attached hydrogens (tertiary/aromatic N) is 2. The highest BCUT2D eigenvalue weighted by molar-refractivity contribution is 5.86. The van der Waals surface area contributed by atoms with Crippen LogP contribution in [-0.4, -0.2) is 33.3 Å². The minimum Gasteiger partial charge on any atom is -0.477 e. The summed E-state index contributed by atoms with van der Waals surface area (Å²) in [6.07, 6.45) is 1.24. The first-order chi connectivity index (χ1) is 7.91. The predicted octanol–water partition coefficient (Wildman–Crippen LogP) is 1.52. The van der Waals surface area contributed by atoms with Crippen LogP contribution >= 0.6 is 0 Å². The lowest BCUT2D eigenvalue weighted by Crippen LogP contribution is -2.13. The second kappa shape index (κ2) is 5.44. The zero-order valence-corrected chi connectivity index (χ0v) is 9.62. The molecule has 0 radical (unpaired) electrons. The van der Waals surface area contributed by atoms with E-state index < -0.39 is 10.9 Å². The highest BCUT2D eigenvalue weighted by Gasteiger charge is 2.18. The quantitative estimate of drug-likeness (QED) is 0.602. The van der Waals surface area contributed by atoms with E-state index in [1.165, 1.54) is 10.8 Å². The Bertz CT molecular complexity index is 424. The first-order valence-corrected chi connectivity index (χ1v) is 5.11. The fourth-order valence-electron chi connectivity index (χ4n) is 1.35. The maximum atomic E-state index is 10.9. The molecule has 0 spiro atoms. The SMILES string of the molecule is CC(C)OCCn1cc([N+](=O)[O-])cc1C(=O)O. The van der Waals surface area contributed by atoms with E-state index in [0.717, 1.165) is 6.07 Å². The van der Waals surface area contributed by atoms with Crippen molar-refractivity contribution in [3.8, 4) is 0 Å². The van der Waals surface area contributed by atoms with Gasteiger partial charge in [0, 0.05) is 12.6 Å². The summed E-state index contributed by atoms with van der Waals surface area (Å²) in [6.45, 7) is 4.30. The number of hydrogen-bond acceptors (Lipinski definition) is 4. The third kappa shape index (κ3) is 3.56. The molecule has 0 aliphatic heterocycles. The molecule has 94 valence electrons. The Balaban J connectivity index is 2.81. The normalized spacial score (nSPS) is 10.8. The summed E-state index contributed by atoms with van der Waals surface area (Å²) < 4.78 is 6.57. The number of hydrogen-bond donors (Lipinski definition) is 1. The van der Waals surface area contributed by atoms with Gasteiger partial charge < -0.3 is 14.4 Å². The van der Waals surface area contributed by atoms with Crippen LogP contribution in [0, 0.1) is 10.1 Å². The molecular weight excluding hydrogens is 228 g/mol. The van der Waals surface area contributed by atoms with Gasteiger partial charge in [-0.3, -0.25) is 10.1 Å². The van der Waals surface area contributed by atoms with Crippen LogP contribution in [0.15, 0.2) is 12.3 Å². The van der Waals surface area contributed by atoms with Crippen LogP contribution < -0.4 is 0 Å². The Morgan fingerprint density at radius 3 is 2.76 bits per heavy atom. The van der Waals surface area contributed by atoms with Gasteiger partial charge in [0.25, 0.3) is 5.69 Å². The molecule has 7 heteroatoms. The Morgan fingerprint density at radius 2 is 2.29 bits per heavy atom. The van der Waals surface area contributed by atoms with Crippen molar-refractivity contribution < 1.29 is 19.6 Å². The van der Waals surface area contributed by atoms with Crippen molar-refractivity contribution in [3.63, 3.8) is 0 Å². The van der Waals surface area contributed by atoms with E-state index >= 15 is 0 Å². The summed E-state index contributed by atoms with van der Waals surface area (Å²) in [4.78, 5) is 20.8. The molecule has 0 aliphatic rings. The van der Waals surface area contributed by atoms with E-state index in [-0.39, 0.29) is 24.0 Å². The topological polar surface area (TPSA) is 94.6 Å². The summed E-state index contributed by atoms with van der Waals surface area (Å²) in [5, 5.41) is 19.4. The number of aromatic nitrogens is 1. The van der Waals surface area contributed by atoms with Gasteiger partial charge in [-0.2, -0.15) is 0 Å². The number of aromatic carboxylic acids is 1. The first kappa shape index (κ1) is 13.2. The number of carboxylic acid groups (broad SMARTS) is 1. The van der Waals surface area contributed by atoms with E-state index in [9.17, 15) is 14.9 Å². The maximum Gasteiger partial charge on any atom is 0.352 e. The van der Waals surface area contributed by atoms with Gasteiger partial charge in [0.05, 0.1) is 23.8 Å². The zero-order chi connectivity index (χ0) is 13.0. The lowest BCUT2D eigenvalue weighted by atomic mass is 10.4. The van der Waals surface area contributed by atoms with Crippen LogP contribution in [0.4, 0.5) is 5.69 Å². The van der Waals surface area contributed by atoms with Crippen molar-refractivity contribution in [2.24, 2.45) is 0 Å². The summed E-state index contributed by atoms with van der Waals surface area (Å²) in [7, 11) is 0. The highest BCUT2D eigenvalue weighted by atomic mass is 16.6.